The molecule has 0 spiro atoms. The van der Waals surface area contributed by atoms with Crippen LogP contribution < -0.4 is 0 Å². The van der Waals surface area contributed by atoms with Crippen LogP contribution in [-0.2, 0) is 0 Å². The summed E-state index contributed by atoms with van der Waals surface area (Å²) in [5.41, 5.74) is 0. The first-order chi connectivity index (χ1) is 8.92. The predicted molar refractivity (Wildman–Crippen MR) is 89.9 cm³/mol. The Labute approximate surface area is 123 Å². The summed E-state index contributed by atoms with van der Waals surface area (Å²) < 4.78 is 0. The van der Waals surface area contributed by atoms with Crippen LogP contribution in [-0.4, -0.2) is 48.6 Å². The van der Waals surface area contributed by atoms with E-state index in [4.69, 9.17) is 0 Å². The molecule has 19 heavy (non-hydrogen) atoms. The highest BCUT2D eigenvalue weighted by Gasteiger charge is 2.26. The molecule has 1 heterocycles. The van der Waals surface area contributed by atoms with Crippen molar-refractivity contribution < 1.29 is 0 Å². The number of hydrogen-bond acceptors (Lipinski definition) is 2. The van der Waals surface area contributed by atoms with Crippen LogP contribution in [0.25, 0.3) is 0 Å². The summed E-state index contributed by atoms with van der Waals surface area (Å²) in [6.45, 7) is 21.3. The molecule has 2 heteroatoms. The molecule has 0 aliphatic carbocycles. The van der Waals surface area contributed by atoms with E-state index in [9.17, 15) is 0 Å². The summed E-state index contributed by atoms with van der Waals surface area (Å²) in [5, 5.41) is 0. The molecule has 2 nitrogen and oxygen atoms in total. The minimum atomic E-state index is 0.678. The topological polar surface area (TPSA) is 6.48 Å². The predicted octanol–water partition coefficient (Wildman–Crippen LogP) is 4.50. The van der Waals surface area contributed by atoms with E-state index in [1.165, 1.54) is 32.5 Å². The summed E-state index contributed by atoms with van der Waals surface area (Å²) in [6.07, 6.45) is 2.56. The molecular formula is C17H40N2. The quantitative estimate of drug-likeness (QED) is 0.727. The lowest BCUT2D eigenvalue weighted by Gasteiger charge is -2.42. The van der Waals surface area contributed by atoms with Crippen LogP contribution in [0.15, 0.2) is 0 Å². The second-order valence-corrected chi connectivity index (χ2v) is 5.98. The first-order valence-corrected chi connectivity index (χ1v) is 8.36. The Morgan fingerprint density at radius 2 is 1.53 bits per heavy atom. The van der Waals surface area contributed by atoms with Gasteiger partial charge in [0.05, 0.1) is 0 Å². The number of hydrogen-bond donors (Lipinski definition) is 0. The maximum atomic E-state index is 2.60. The average Bonchev–Trinajstić information content (AvgIpc) is 2.35. The van der Waals surface area contributed by atoms with Crippen molar-refractivity contribution in [3.63, 3.8) is 0 Å². The van der Waals surface area contributed by atoms with Crippen LogP contribution in [0.5, 0.6) is 0 Å². The van der Waals surface area contributed by atoms with Crippen LogP contribution >= 0.6 is 0 Å². The number of likely N-dealkylation sites (tertiary alicyclic amines) is 1. The van der Waals surface area contributed by atoms with Gasteiger partial charge in [0.15, 0.2) is 0 Å². The average molecular weight is 273 g/mol. The molecule has 0 aromatic carbocycles. The van der Waals surface area contributed by atoms with Crippen molar-refractivity contribution in [2.24, 2.45) is 5.92 Å². The fraction of sp³-hybridized carbons (Fsp3) is 1.00. The minimum absolute atomic E-state index is 0.678. The van der Waals surface area contributed by atoms with E-state index in [1.807, 2.05) is 13.8 Å². The van der Waals surface area contributed by atoms with Crippen molar-refractivity contribution in [3.05, 3.63) is 0 Å². The Morgan fingerprint density at radius 3 is 1.84 bits per heavy atom. The lowest BCUT2D eigenvalue weighted by atomic mass is 9.99. The standard InChI is InChI=1S/C12H26N2.C3H8.C2H6/c1-10(2)13(5)7-6-12(4)14-8-11(3)9-14;1-3-2;1-2/h10-12H,6-9H2,1-5H3;3H2,1-2H3;1-2H3. The number of nitrogens with zero attached hydrogens (tertiary/aromatic N) is 2. The number of rotatable bonds is 5. The van der Waals surface area contributed by atoms with Crippen molar-refractivity contribution in [1.82, 2.24) is 9.80 Å². The van der Waals surface area contributed by atoms with Crippen LogP contribution in [0, 0.1) is 5.92 Å². The molecule has 0 bridgehead atoms. The molecule has 0 saturated carbocycles. The third kappa shape index (κ3) is 10.4. The molecule has 0 aromatic rings. The van der Waals surface area contributed by atoms with Gasteiger partial charge in [0, 0.05) is 25.2 Å². The van der Waals surface area contributed by atoms with Gasteiger partial charge in [0.25, 0.3) is 0 Å². The van der Waals surface area contributed by atoms with E-state index in [0.717, 1.165) is 12.0 Å². The van der Waals surface area contributed by atoms with Gasteiger partial charge < -0.3 is 4.90 Å². The van der Waals surface area contributed by atoms with Crippen LogP contribution in [0.1, 0.15) is 68.2 Å². The van der Waals surface area contributed by atoms with E-state index < -0.39 is 0 Å². The van der Waals surface area contributed by atoms with Crippen molar-refractivity contribution >= 4 is 0 Å². The van der Waals surface area contributed by atoms with Crippen molar-refractivity contribution in [1.29, 1.82) is 0 Å². The summed E-state index contributed by atoms with van der Waals surface area (Å²) in [7, 11) is 2.22. The Hall–Kier alpha value is -0.0800. The Bertz CT molecular complexity index is 174. The van der Waals surface area contributed by atoms with Crippen molar-refractivity contribution in [2.75, 3.05) is 26.7 Å². The smallest absolute Gasteiger partial charge is 0.00793 e. The Kier molecular flexibility index (Phi) is 14.4. The molecule has 1 saturated heterocycles. The lowest BCUT2D eigenvalue weighted by molar-refractivity contribution is 0.0605. The second kappa shape index (κ2) is 12.9. The zero-order chi connectivity index (χ0) is 15.4. The zero-order valence-electron chi connectivity index (χ0n) is 15.2. The van der Waals surface area contributed by atoms with Gasteiger partial charge in [-0.15, -0.1) is 0 Å². The van der Waals surface area contributed by atoms with Gasteiger partial charge in [-0.1, -0.05) is 41.0 Å². The summed E-state index contributed by atoms with van der Waals surface area (Å²) in [5.74, 6) is 0.931. The summed E-state index contributed by atoms with van der Waals surface area (Å²) >= 11 is 0. The van der Waals surface area contributed by atoms with Crippen LogP contribution in [0.2, 0.25) is 0 Å². The molecule has 1 fully saturated rings. The molecule has 1 atom stereocenters. The molecule has 0 amide bonds. The molecule has 1 rings (SSSR count). The molecule has 0 N–H and O–H groups in total. The van der Waals surface area contributed by atoms with E-state index in [-0.39, 0.29) is 0 Å². The van der Waals surface area contributed by atoms with E-state index in [1.54, 1.807) is 0 Å². The minimum Gasteiger partial charge on any atom is -0.304 e. The van der Waals surface area contributed by atoms with E-state index >= 15 is 0 Å². The molecule has 1 aliphatic rings. The first-order valence-electron chi connectivity index (χ1n) is 8.36. The molecule has 118 valence electrons. The van der Waals surface area contributed by atoms with Gasteiger partial charge in [0.2, 0.25) is 0 Å². The Morgan fingerprint density at radius 1 is 1.11 bits per heavy atom. The van der Waals surface area contributed by atoms with Crippen molar-refractivity contribution in [3.8, 4) is 0 Å². The third-order valence-electron chi connectivity index (χ3n) is 3.50. The SMILES string of the molecule is CC.CC1CN(C(C)CCN(C)C(C)C)C1.CCC. The highest BCUT2D eigenvalue weighted by atomic mass is 15.2. The second-order valence-electron chi connectivity index (χ2n) is 5.98. The maximum Gasteiger partial charge on any atom is 0.00793 e. The first kappa shape index (κ1) is 21.2. The Balaban J connectivity index is 0. The lowest BCUT2D eigenvalue weighted by Crippen LogP contribution is -2.50. The van der Waals surface area contributed by atoms with Gasteiger partial charge in [0.1, 0.15) is 0 Å². The summed E-state index contributed by atoms with van der Waals surface area (Å²) in [6, 6.07) is 1.45. The monoisotopic (exact) mass is 272 g/mol. The van der Waals surface area contributed by atoms with Crippen LogP contribution in [0.4, 0.5) is 0 Å². The molecule has 1 aliphatic heterocycles. The van der Waals surface area contributed by atoms with Gasteiger partial charge in [-0.25, -0.2) is 0 Å². The van der Waals surface area contributed by atoms with Gasteiger partial charge in [-0.05, 0) is 46.7 Å². The van der Waals surface area contributed by atoms with Crippen molar-refractivity contribution in [2.45, 2.75) is 80.3 Å². The molecular weight excluding hydrogens is 232 g/mol. The highest BCUT2D eigenvalue weighted by molar-refractivity contribution is 4.81. The van der Waals surface area contributed by atoms with Crippen LogP contribution in [0.3, 0.4) is 0 Å². The third-order valence-corrected chi connectivity index (χ3v) is 3.50. The maximum absolute atomic E-state index is 2.60. The zero-order valence-corrected chi connectivity index (χ0v) is 15.2. The van der Waals surface area contributed by atoms with E-state index in [0.29, 0.717) is 6.04 Å². The van der Waals surface area contributed by atoms with Gasteiger partial charge >= 0.3 is 0 Å². The molecule has 1 unspecified atom stereocenters. The fourth-order valence-corrected chi connectivity index (χ4v) is 1.94. The molecule has 0 aromatic heterocycles. The fourth-order valence-electron chi connectivity index (χ4n) is 1.94. The van der Waals surface area contributed by atoms with Gasteiger partial charge in [-0.3, -0.25) is 4.90 Å². The summed E-state index contributed by atoms with van der Waals surface area (Å²) in [4.78, 5) is 5.03. The normalized spacial score (nSPS) is 17.2. The van der Waals surface area contributed by atoms with Gasteiger partial charge in [-0.2, -0.15) is 0 Å². The largest absolute Gasteiger partial charge is 0.304 e. The highest BCUT2D eigenvalue weighted by Crippen LogP contribution is 2.19. The van der Waals surface area contributed by atoms with E-state index in [2.05, 4.69) is 58.4 Å². The molecule has 0 radical (unpaired) electrons.